The Labute approximate surface area is 101 Å². The average molecular weight is 240 g/mol. The molecule has 6 heteroatoms. The maximum Gasteiger partial charge on any atom is 0.221 e. The summed E-state index contributed by atoms with van der Waals surface area (Å²) >= 11 is 0. The molecule has 0 aliphatic heterocycles. The number of carbonyl (C=O) groups is 1. The van der Waals surface area contributed by atoms with Gasteiger partial charge < -0.3 is 20.4 Å². The fraction of sp³-hybridized carbons (Fsp3) is 0.636. The number of aryl methyl sites for hydroxylation is 1. The van der Waals surface area contributed by atoms with Gasteiger partial charge in [0.15, 0.2) is 0 Å². The molecule has 0 aliphatic carbocycles. The first-order chi connectivity index (χ1) is 8.24. The molecule has 0 spiro atoms. The van der Waals surface area contributed by atoms with Crippen LogP contribution in [-0.2, 0) is 16.1 Å². The van der Waals surface area contributed by atoms with E-state index in [9.17, 15) is 4.79 Å². The van der Waals surface area contributed by atoms with Gasteiger partial charge in [-0.25, -0.2) is 4.98 Å². The molecule has 0 saturated carbocycles. The van der Waals surface area contributed by atoms with Crippen molar-refractivity contribution in [3.63, 3.8) is 0 Å². The normalized spacial score (nSPS) is 10.5. The number of aromatic nitrogens is 2. The van der Waals surface area contributed by atoms with Gasteiger partial charge in [0, 0.05) is 38.9 Å². The Kier molecular flexibility index (Phi) is 6.27. The van der Waals surface area contributed by atoms with E-state index in [-0.39, 0.29) is 5.91 Å². The average Bonchev–Trinajstić information content (AvgIpc) is 2.71. The van der Waals surface area contributed by atoms with Crippen LogP contribution in [0.25, 0.3) is 0 Å². The highest BCUT2D eigenvalue weighted by molar-refractivity contribution is 5.75. The van der Waals surface area contributed by atoms with Gasteiger partial charge in [-0.2, -0.15) is 0 Å². The van der Waals surface area contributed by atoms with Gasteiger partial charge in [0.1, 0.15) is 0 Å². The summed E-state index contributed by atoms with van der Waals surface area (Å²) in [5.74, 6) is 0.0355. The van der Waals surface area contributed by atoms with Gasteiger partial charge in [-0.3, -0.25) is 4.79 Å². The molecule has 0 saturated heterocycles. The lowest BCUT2D eigenvalue weighted by Crippen LogP contribution is -2.30. The summed E-state index contributed by atoms with van der Waals surface area (Å²) in [4.78, 5) is 18.5. The number of amides is 1. The number of imidazole rings is 1. The predicted octanol–water partition coefficient (Wildman–Crippen LogP) is -0.0396. The molecule has 6 nitrogen and oxygen atoms in total. The summed E-state index contributed by atoms with van der Waals surface area (Å²) < 4.78 is 4.84. The van der Waals surface area contributed by atoms with E-state index in [1.165, 1.54) is 0 Å². The van der Waals surface area contributed by atoms with E-state index in [1.54, 1.807) is 13.4 Å². The molecule has 0 aliphatic rings. The second-order valence-corrected chi connectivity index (χ2v) is 3.74. The molecule has 3 N–H and O–H groups in total. The number of nitrogens with one attached hydrogen (secondary N) is 3. The highest BCUT2D eigenvalue weighted by Gasteiger charge is 2.02. The molecule has 0 aromatic carbocycles. The first kappa shape index (κ1) is 13.7. The molecule has 17 heavy (non-hydrogen) atoms. The van der Waals surface area contributed by atoms with Gasteiger partial charge in [-0.05, 0) is 6.92 Å². The van der Waals surface area contributed by atoms with Crippen molar-refractivity contribution in [2.75, 3.05) is 26.8 Å². The lowest BCUT2D eigenvalue weighted by molar-refractivity contribution is -0.121. The molecule has 1 aromatic heterocycles. The van der Waals surface area contributed by atoms with E-state index in [0.29, 0.717) is 32.7 Å². The van der Waals surface area contributed by atoms with Crippen LogP contribution in [0.15, 0.2) is 6.33 Å². The summed E-state index contributed by atoms with van der Waals surface area (Å²) in [5.41, 5.74) is 2.05. The van der Waals surface area contributed by atoms with Crippen LogP contribution in [-0.4, -0.2) is 42.7 Å². The molecule has 0 radical (unpaired) electrons. The maximum atomic E-state index is 11.3. The third-order valence-corrected chi connectivity index (χ3v) is 2.38. The molecular weight excluding hydrogens is 220 g/mol. The zero-order valence-corrected chi connectivity index (χ0v) is 10.4. The Bertz CT molecular complexity index is 338. The second kappa shape index (κ2) is 7.81. The fourth-order valence-electron chi connectivity index (χ4n) is 1.35. The van der Waals surface area contributed by atoms with Crippen LogP contribution in [0.5, 0.6) is 0 Å². The van der Waals surface area contributed by atoms with Crippen molar-refractivity contribution in [1.29, 1.82) is 0 Å². The number of hydrogen-bond donors (Lipinski definition) is 3. The third-order valence-electron chi connectivity index (χ3n) is 2.38. The van der Waals surface area contributed by atoms with E-state index in [0.717, 1.165) is 11.4 Å². The Hall–Kier alpha value is -1.40. The smallest absolute Gasteiger partial charge is 0.221 e. The summed E-state index contributed by atoms with van der Waals surface area (Å²) in [5, 5.41) is 5.94. The Morgan fingerprint density at radius 2 is 2.35 bits per heavy atom. The Morgan fingerprint density at radius 3 is 3.00 bits per heavy atom. The van der Waals surface area contributed by atoms with E-state index in [1.807, 2.05) is 6.92 Å². The van der Waals surface area contributed by atoms with Crippen LogP contribution in [0.3, 0.4) is 0 Å². The summed E-state index contributed by atoms with van der Waals surface area (Å²) in [6, 6.07) is 0. The number of methoxy groups -OCH3 is 1. The van der Waals surface area contributed by atoms with E-state index in [2.05, 4.69) is 20.6 Å². The number of hydrogen-bond acceptors (Lipinski definition) is 4. The second-order valence-electron chi connectivity index (χ2n) is 3.74. The first-order valence-corrected chi connectivity index (χ1v) is 5.69. The van der Waals surface area contributed by atoms with Crippen LogP contribution in [0.2, 0.25) is 0 Å². The minimum Gasteiger partial charge on any atom is -0.383 e. The van der Waals surface area contributed by atoms with E-state index in [4.69, 9.17) is 4.74 Å². The van der Waals surface area contributed by atoms with Crippen LogP contribution >= 0.6 is 0 Å². The molecule has 0 unspecified atom stereocenters. The number of nitrogens with zero attached hydrogens (tertiary/aromatic N) is 1. The monoisotopic (exact) mass is 240 g/mol. The molecule has 1 heterocycles. The van der Waals surface area contributed by atoms with Crippen molar-refractivity contribution < 1.29 is 9.53 Å². The topological polar surface area (TPSA) is 79.0 Å². The third kappa shape index (κ3) is 5.46. The minimum atomic E-state index is 0.0355. The van der Waals surface area contributed by atoms with Gasteiger partial charge >= 0.3 is 0 Å². The highest BCUT2D eigenvalue weighted by atomic mass is 16.5. The number of ether oxygens (including phenoxy) is 1. The first-order valence-electron chi connectivity index (χ1n) is 5.69. The highest BCUT2D eigenvalue weighted by Crippen LogP contribution is 1.98. The van der Waals surface area contributed by atoms with Crippen LogP contribution < -0.4 is 10.6 Å². The minimum absolute atomic E-state index is 0.0355. The van der Waals surface area contributed by atoms with E-state index >= 15 is 0 Å². The van der Waals surface area contributed by atoms with Gasteiger partial charge in [0.2, 0.25) is 5.91 Å². The fourth-order valence-corrected chi connectivity index (χ4v) is 1.35. The molecular formula is C11H20N4O2. The number of aromatic amines is 1. The number of H-pyrrole nitrogens is 1. The van der Waals surface area contributed by atoms with Crippen molar-refractivity contribution in [1.82, 2.24) is 20.6 Å². The van der Waals surface area contributed by atoms with Crippen LogP contribution in [0.4, 0.5) is 0 Å². The van der Waals surface area contributed by atoms with Crippen molar-refractivity contribution >= 4 is 5.91 Å². The van der Waals surface area contributed by atoms with Gasteiger partial charge in [-0.1, -0.05) is 0 Å². The molecule has 0 fully saturated rings. The molecule has 0 atom stereocenters. The van der Waals surface area contributed by atoms with Gasteiger partial charge in [0.05, 0.1) is 18.6 Å². The molecule has 96 valence electrons. The van der Waals surface area contributed by atoms with Gasteiger partial charge in [-0.15, -0.1) is 0 Å². The molecule has 1 amide bonds. The largest absolute Gasteiger partial charge is 0.383 e. The molecule has 1 rings (SSSR count). The summed E-state index contributed by atoms with van der Waals surface area (Å²) in [6.07, 6.45) is 2.14. The maximum absolute atomic E-state index is 11.3. The van der Waals surface area contributed by atoms with Crippen LogP contribution in [0, 0.1) is 6.92 Å². The summed E-state index contributed by atoms with van der Waals surface area (Å²) in [6.45, 7) is 4.41. The Balaban J connectivity index is 2.04. The van der Waals surface area contributed by atoms with Crippen molar-refractivity contribution in [2.45, 2.75) is 19.9 Å². The molecule has 1 aromatic rings. The summed E-state index contributed by atoms with van der Waals surface area (Å²) in [7, 11) is 1.61. The zero-order chi connectivity index (χ0) is 12.5. The zero-order valence-electron chi connectivity index (χ0n) is 10.4. The number of rotatable bonds is 8. The predicted molar refractivity (Wildman–Crippen MR) is 64.5 cm³/mol. The van der Waals surface area contributed by atoms with Crippen molar-refractivity contribution in [3.05, 3.63) is 17.7 Å². The van der Waals surface area contributed by atoms with Gasteiger partial charge in [0.25, 0.3) is 0 Å². The molecule has 0 bridgehead atoms. The SMILES string of the molecule is COCCNC(=O)CCNCc1nc[nH]c1C. The van der Waals surface area contributed by atoms with Crippen LogP contribution in [0.1, 0.15) is 17.8 Å². The Morgan fingerprint density at radius 1 is 1.53 bits per heavy atom. The van der Waals surface area contributed by atoms with Crippen molar-refractivity contribution in [3.8, 4) is 0 Å². The van der Waals surface area contributed by atoms with Crippen molar-refractivity contribution in [2.24, 2.45) is 0 Å². The lowest BCUT2D eigenvalue weighted by atomic mass is 10.3. The van der Waals surface area contributed by atoms with E-state index < -0.39 is 0 Å². The quantitative estimate of drug-likeness (QED) is 0.557. The lowest BCUT2D eigenvalue weighted by Gasteiger charge is -2.05. The number of carbonyl (C=O) groups excluding carboxylic acids is 1. The standard InChI is InChI=1S/C11H20N4O2/c1-9-10(15-8-14-9)7-12-4-3-11(16)13-5-6-17-2/h8,12H,3-7H2,1-2H3,(H,13,16)(H,14,15).